The van der Waals surface area contributed by atoms with Gasteiger partial charge in [-0.2, -0.15) is 0 Å². The van der Waals surface area contributed by atoms with Gasteiger partial charge in [-0.15, -0.1) is 0 Å². The fourth-order valence-corrected chi connectivity index (χ4v) is 2.99. The van der Waals surface area contributed by atoms with Crippen molar-refractivity contribution in [2.24, 2.45) is 0 Å². The molecule has 0 aromatic heterocycles. The van der Waals surface area contributed by atoms with Crippen molar-refractivity contribution < 1.29 is 4.79 Å². The number of nitrogens with two attached hydrogens (primary N) is 1. The van der Waals surface area contributed by atoms with Gasteiger partial charge in [-0.25, -0.2) is 0 Å². The van der Waals surface area contributed by atoms with Crippen molar-refractivity contribution in [2.75, 3.05) is 23.7 Å². The summed E-state index contributed by atoms with van der Waals surface area (Å²) < 4.78 is 0. The van der Waals surface area contributed by atoms with Crippen LogP contribution in [0.3, 0.4) is 0 Å². The third-order valence-electron chi connectivity index (χ3n) is 4.30. The van der Waals surface area contributed by atoms with E-state index >= 15 is 0 Å². The summed E-state index contributed by atoms with van der Waals surface area (Å²) in [6.07, 6.45) is 3.72. The zero-order valence-electron chi connectivity index (χ0n) is 13.0. The maximum atomic E-state index is 12.5. The molecule has 1 aliphatic heterocycles. The quantitative estimate of drug-likeness (QED) is 0.692. The van der Waals surface area contributed by atoms with Gasteiger partial charge in [-0.3, -0.25) is 4.79 Å². The lowest BCUT2D eigenvalue weighted by Crippen LogP contribution is -2.30. The highest BCUT2D eigenvalue weighted by Gasteiger charge is 2.16. The molecule has 114 valence electrons. The fraction of sp³-hybridized carbons (Fsp3) is 0.316. The second-order valence-corrected chi connectivity index (χ2v) is 6.02. The molecule has 0 spiro atoms. The standard InChI is InChI=1S/C19H22N2O/c1-14-5-7-15(8-6-14)19(22)16-9-10-18(17(20)13-16)21-11-3-2-4-12-21/h5-10,13H,2-4,11-12,20H2,1H3. The molecule has 1 fully saturated rings. The molecule has 0 amide bonds. The van der Waals surface area contributed by atoms with Crippen LogP contribution in [0.4, 0.5) is 11.4 Å². The molecule has 1 heterocycles. The number of nitrogen functional groups attached to an aromatic ring is 1. The number of hydrogen-bond donors (Lipinski definition) is 1. The Morgan fingerprint density at radius 1 is 0.955 bits per heavy atom. The van der Waals surface area contributed by atoms with E-state index in [1.807, 2.05) is 49.4 Å². The van der Waals surface area contributed by atoms with Gasteiger partial charge in [0.2, 0.25) is 0 Å². The van der Waals surface area contributed by atoms with Crippen LogP contribution >= 0.6 is 0 Å². The lowest BCUT2D eigenvalue weighted by atomic mass is 10.0. The highest BCUT2D eigenvalue weighted by Crippen LogP contribution is 2.28. The number of carbonyl (C=O) groups excluding carboxylic acids is 1. The SMILES string of the molecule is Cc1ccc(C(=O)c2ccc(N3CCCCC3)c(N)c2)cc1. The Hall–Kier alpha value is -2.29. The van der Waals surface area contributed by atoms with Crippen molar-refractivity contribution in [3.05, 3.63) is 59.2 Å². The zero-order valence-corrected chi connectivity index (χ0v) is 13.0. The summed E-state index contributed by atoms with van der Waals surface area (Å²) in [5.74, 6) is 0.0249. The number of carbonyl (C=O) groups is 1. The van der Waals surface area contributed by atoms with Crippen LogP contribution < -0.4 is 10.6 Å². The summed E-state index contributed by atoms with van der Waals surface area (Å²) in [7, 11) is 0. The van der Waals surface area contributed by atoms with Crippen LogP contribution in [0.2, 0.25) is 0 Å². The van der Waals surface area contributed by atoms with E-state index in [0.29, 0.717) is 16.8 Å². The van der Waals surface area contributed by atoms with E-state index in [9.17, 15) is 4.79 Å². The summed E-state index contributed by atoms with van der Waals surface area (Å²) in [6, 6.07) is 13.3. The monoisotopic (exact) mass is 294 g/mol. The largest absolute Gasteiger partial charge is 0.397 e. The third-order valence-corrected chi connectivity index (χ3v) is 4.30. The molecule has 2 aromatic carbocycles. The van der Waals surface area contributed by atoms with Gasteiger partial charge in [-0.1, -0.05) is 29.8 Å². The van der Waals surface area contributed by atoms with Gasteiger partial charge in [0, 0.05) is 24.2 Å². The lowest BCUT2D eigenvalue weighted by Gasteiger charge is -2.30. The van der Waals surface area contributed by atoms with Crippen LogP contribution in [0.25, 0.3) is 0 Å². The van der Waals surface area contributed by atoms with Gasteiger partial charge in [-0.05, 0) is 44.4 Å². The second kappa shape index (κ2) is 6.22. The van der Waals surface area contributed by atoms with Crippen molar-refractivity contribution in [3.63, 3.8) is 0 Å². The Bertz CT molecular complexity index is 670. The number of piperidine rings is 1. The van der Waals surface area contributed by atoms with E-state index < -0.39 is 0 Å². The summed E-state index contributed by atoms with van der Waals surface area (Å²) in [5.41, 5.74) is 10.5. The van der Waals surface area contributed by atoms with Gasteiger partial charge in [0.05, 0.1) is 11.4 Å². The van der Waals surface area contributed by atoms with Crippen molar-refractivity contribution in [1.29, 1.82) is 0 Å². The fourth-order valence-electron chi connectivity index (χ4n) is 2.99. The van der Waals surface area contributed by atoms with Crippen molar-refractivity contribution in [1.82, 2.24) is 0 Å². The molecule has 1 aliphatic rings. The van der Waals surface area contributed by atoms with E-state index in [2.05, 4.69) is 4.90 Å². The first-order chi connectivity index (χ1) is 10.6. The molecule has 22 heavy (non-hydrogen) atoms. The Balaban J connectivity index is 1.84. The summed E-state index contributed by atoms with van der Waals surface area (Å²) in [6.45, 7) is 4.12. The smallest absolute Gasteiger partial charge is 0.193 e. The summed E-state index contributed by atoms with van der Waals surface area (Å²) >= 11 is 0. The third kappa shape index (κ3) is 2.98. The molecule has 2 aromatic rings. The Kier molecular flexibility index (Phi) is 4.14. The van der Waals surface area contributed by atoms with E-state index in [-0.39, 0.29) is 5.78 Å². The number of nitrogens with zero attached hydrogens (tertiary/aromatic N) is 1. The van der Waals surface area contributed by atoms with Crippen LogP contribution in [0.15, 0.2) is 42.5 Å². The number of rotatable bonds is 3. The second-order valence-electron chi connectivity index (χ2n) is 6.02. The van der Waals surface area contributed by atoms with Gasteiger partial charge in [0.1, 0.15) is 0 Å². The number of anilines is 2. The van der Waals surface area contributed by atoms with Crippen molar-refractivity contribution >= 4 is 17.2 Å². The minimum atomic E-state index is 0.0249. The lowest BCUT2D eigenvalue weighted by molar-refractivity contribution is 0.103. The van der Waals surface area contributed by atoms with Gasteiger partial charge in [0.15, 0.2) is 5.78 Å². The van der Waals surface area contributed by atoms with Crippen molar-refractivity contribution in [3.8, 4) is 0 Å². The zero-order chi connectivity index (χ0) is 15.5. The first-order valence-corrected chi connectivity index (χ1v) is 7.91. The van der Waals surface area contributed by atoms with Crippen LogP contribution in [0, 0.1) is 6.92 Å². The predicted molar refractivity (Wildman–Crippen MR) is 91.5 cm³/mol. The molecule has 0 atom stereocenters. The molecular weight excluding hydrogens is 272 g/mol. The highest BCUT2D eigenvalue weighted by atomic mass is 16.1. The van der Waals surface area contributed by atoms with Crippen LogP contribution in [-0.4, -0.2) is 18.9 Å². The molecule has 0 aliphatic carbocycles. The normalized spacial score (nSPS) is 14.9. The van der Waals surface area contributed by atoms with Crippen LogP contribution in [0.5, 0.6) is 0 Å². The van der Waals surface area contributed by atoms with E-state index in [4.69, 9.17) is 5.73 Å². The van der Waals surface area contributed by atoms with Gasteiger partial charge >= 0.3 is 0 Å². The number of hydrogen-bond acceptors (Lipinski definition) is 3. The van der Waals surface area contributed by atoms with Crippen LogP contribution in [-0.2, 0) is 0 Å². The van der Waals surface area contributed by atoms with E-state index in [1.165, 1.54) is 19.3 Å². The van der Waals surface area contributed by atoms with Crippen molar-refractivity contribution in [2.45, 2.75) is 26.2 Å². The minimum absolute atomic E-state index is 0.0249. The number of ketones is 1. The minimum Gasteiger partial charge on any atom is -0.397 e. The Morgan fingerprint density at radius 2 is 1.59 bits per heavy atom. The number of aryl methyl sites for hydroxylation is 1. The first-order valence-electron chi connectivity index (χ1n) is 7.91. The summed E-state index contributed by atoms with van der Waals surface area (Å²) in [5, 5.41) is 0. The molecule has 1 saturated heterocycles. The Labute approximate surface area is 131 Å². The van der Waals surface area contributed by atoms with Crippen LogP contribution in [0.1, 0.15) is 40.7 Å². The molecule has 0 unspecified atom stereocenters. The molecule has 2 N–H and O–H groups in total. The molecule has 0 saturated carbocycles. The maximum Gasteiger partial charge on any atom is 0.193 e. The van der Waals surface area contributed by atoms with Gasteiger partial charge in [0.25, 0.3) is 0 Å². The van der Waals surface area contributed by atoms with Gasteiger partial charge < -0.3 is 10.6 Å². The topological polar surface area (TPSA) is 46.3 Å². The number of benzene rings is 2. The Morgan fingerprint density at radius 3 is 2.23 bits per heavy atom. The molecule has 0 bridgehead atoms. The predicted octanol–water partition coefficient (Wildman–Crippen LogP) is 3.80. The average Bonchev–Trinajstić information content (AvgIpc) is 2.55. The summed E-state index contributed by atoms with van der Waals surface area (Å²) in [4.78, 5) is 14.8. The van der Waals surface area contributed by atoms with E-state index in [1.54, 1.807) is 0 Å². The molecule has 3 nitrogen and oxygen atoms in total. The molecular formula is C19H22N2O. The highest BCUT2D eigenvalue weighted by molar-refractivity contribution is 6.09. The molecule has 3 heteroatoms. The first kappa shape index (κ1) is 14.6. The molecule has 3 rings (SSSR count). The average molecular weight is 294 g/mol. The maximum absolute atomic E-state index is 12.5. The van der Waals surface area contributed by atoms with E-state index in [0.717, 1.165) is 24.3 Å². The molecule has 0 radical (unpaired) electrons.